The molecule has 1 atom stereocenters. The van der Waals surface area contributed by atoms with Gasteiger partial charge in [0, 0.05) is 5.39 Å². The summed E-state index contributed by atoms with van der Waals surface area (Å²) in [5, 5.41) is 1.02. The first-order chi connectivity index (χ1) is 10.3. The summed E-state index contributed by atoms with van der Waals surface area (Å²) in [6.45, 7) is 11.6. The van der Waals surface area contributed by atoms with Crippen molar-refractivity contribution in [2.75, 3.05) is 6.61 Å². The SMILES string of the molecule is CCOC(=O)c1coc2cc(CO[SiH](C)C(C)(C)C)ccc12. The molecular weight excluding hydrogens is 296 g/mol. The molecule has 0 saturated carbocycles. The molecule has 0 aliphatic rings. The number of rotatable bonds is 5. The second-order valence-electron chi connectivity index (χ2n) is 6.52. The van der Waals surface area contributed by atoms with E-state index in [1.165, 1.54) is 6.26 Å². The Bertz CT molecular complexity index is 654. The van der Waals surface area contributed by atoms with Crippen molar-refractivity contribution in [1.82, 2.24) is 0 Å². The van der Waals surface area contributed by atoms with Crippen molar-refractivity contribution in [3.8, 4) is 0 Å². The Labute approximate surface area is 133 Å². The van der Waals surface area contributed by atoms with Crippen LogP contribution >= 0.6 is 0 Å². The first kappa shape index (κ1) is 16.8. The van der Waals surface area contributed by atoms with Gasteiger partial charge in [-0.1, -0.05) is 26.8 Å². The van der Waals surface area contributed by atoms with E-state index >= 15 is 0 Å². The molecule has 0 bridgehead atoms. The first-order valence-electron chi connectivity index (χ1n) is 7.61. The lowest BCUT2D eigenvalue weighted by Gasteiger charge is -2.25. The Morgan fingerprint density at radius 1 is 1.32 bits per heavy atom. The number of esters is 1. The van der Waals surface area contributed by atoms with Crippen LogP contribution in [0.2, 0.25) is 11.6 Å². The third-order valence-corrected chi connectivity index (χ3v) is 6.96. The van der Waals surface area contributed by atoms with Crippen molar-refractivity contribution in [2.24, 2.45) is 0 Å². The van der Waals surface area contributed by atoms with Crippen molar-refractivity contribution in [3.63, 3.8) is 0 Å². The third kappa shape index (κ3) is 3.78. The van der Waals surface area contributed by atoms with Crippen LogP contribution < -0.4 is 0 Å². The van der Waals surface area contributed by atoms with E-state index in [0.717, 1.165) is 10.9 Å². The lowest BCUT2D eigenvalue weighted by molar-refractivity contribution is 0.0527. The monoisotopic (exact) mass is 320 g/mol. The minimum absolute atomic E-state index is 0.242. The van der Waals surface area contributed by atoms with Crippen LogP contribution in [-0.2, 0) is 15.8 Å². The second kappa shape index (κ2) is 6.67. The van der Waals surface area contributed by atoms with Gasteiger partial charge in [0.2, 0.25) is 0 Å². The molecule has 0 amide bonds. The molecule has 2 aromatic rings. The van der Waals surface area contributed by atoms with Gasteiger partial charge in [-0.05, 0) is 36.2 Å². The van der Waals surface area contributed by atoms with Crippen LogP contribution in [-0.4, -0.2) is 21.6 Å². The average Bonchev–Trinajstić information content (AvgIpc) is 2.87. The quantitative estimate of drug-likeness (QED) is 0.609. The average molecular weight is 320 g/mol. The predicted octanol–water partition coefficient (Wildman–Crippen LogP) is 4.28. The molecule has 0 aliphatic heterocycles. The van der Waals surface area contributed by atoms with Gasteiger partial charge in [-0.2, -0.15) is 0 Å². The smallest absolute Gasteiger partial charge is 0.342 e. The van der Waals surface area contributed by atoms with Crippen molar-refractivity contribution in [1.29, 1.82) is 0 Å². The molecule has 0 saturated heterocycles. The molecule has 0 spiro atoms. The van der Waals surface area contributed by atoms with Gasteiger partial charge in [-0.25, -0.2) is 4.79 Å². The van der Waals surface area contributed by atoms with E-state index in [9.17, 15) is 4.79 Å². The van der Waals surface area contributed by atoms with Crippen LogP contribution in [0.5, 0.6) is 0 Å². The Hall–Kier alpha value is -1.59. The fourth-order valence-electron chi connectivity index (χ4n) is 2.00. The van der Waals surface area contributed by atoms with E-state index in [1.54, 1.807) is 6.92 Å². The van der Waals surface area contributed by atoms with Crippen molar-refractivity contribution >= 4 is 26.0 Å². The zero-order valence-electron chi connectivity index (χ0n) is 13.9. The summed E-state index contributed by atoms with van der Waals surface area (Å²) >= 11 is 0. The maximum atomic E-state index is 11.8. The lowest BCUT2D eigenvalue weighted by atomic mass is 10.1. The number of hydrogen-bond donors (Lipinski definition) is 0. The van der Waals surface area contributed by atoms with Crippen LogP contribution in [0.1, 0.15) is 43.6 Å². The summed E-state index contributed by atoms with van der Waals surface area (Å²) in [4.78, 5) is 11.8. The van der Waals surface area contributed by atoms with E-state index in [-0.39, 0.29) is 11.0 Å². The number of hydrogen-bond acceptors (Lipinski definition) is 4. The van der Waals surface area contributed by atoms with Gasteiger partial charge in [0.1, 0.15) is 17.4 Å². The zero-order valence-corrected chi connectivity index (χ0v) is 15.1. The molecule has 0 radical (unpaired) electrons. The molecule has 2 rings (SSSR count). The molecule has 22 heavy (non-hydrogen) atoms. The van der Waals surface area contributed by atoms with Gasteiger partial charge in [-0.3, -0.25) is 0 Å². The van der Waals surface area contributed by atoms with Crippen LogP contribution in [0.3, 0.4) is 0 Å². The zero-order chi connectivity index (χ0) is 16.3. The summed E-state index contributed by atoms with van der Waals surface area (Å²) in [6.07, 6.45) is 1.46. The van der Waals surface area contributed by atoms with Gasteiger partial charge in [-0.15, -0.1) is 0 Å². The molecule has 1 heterocycles. The summed E-state index contributed by atoms with van der Waals surface area (Å²) in [7, 11) is -1.25. The number of ether oxygens (including phenoxy) is 1. The number of carbonyl (C=O) groups excluding carboxylic acids is 1. The minimum Gasteiger partial charge on any atom is -0.463 e. The number of furan rings is 1. The Morgan fingerprint density at radius 3 is 2.68 bits per heavy atom. The lowest BCUT2D eigenvalue weighted by Crippen LogP contribution is -2.25. The molecule has 1 unspecified atom stereocenters. The summed E-state index contributed by atoms with van der Waals surface area (Å²) in [6, 6.07) is 5.80. The standard InChI is InChI=1S/C17H24O4Si/c1-6-19-16(18)14-11-20-15-9-12(7-8-13(14)15)10-21-22(5)17(2,3)4/h7-9,11,22H,6,10H2,1-5H3. The summed E-state index contributed by atoms with van der Waals surface area (Å²) < 4.78 is 16.5. The van der Waals surface area contributed by atoms with Gasteiger partial charge in [0.05, 0.1) is 13.2 Å². The number of benzene rings is 1. The fraction of sp³-hybridized carbons (Fsp3) is 0.471. The molecule has 1 aromatic carbocycles. The predicted molar refractivity (Wildman–Crippen MR) is 89.7 cm³/mol. The Kier molecular flexibility index (Phi) is 5.08. The maximum Gasteiger partial charge on any atom is 0.342 e. The maximum absolute atomic E-state index is 11.8. The van der Waals surface area contributed by atoms with Gasteiger partial charge in [0.15, 0.2) is 9.04 Å². The van der Waals surface area contributed by atoms with E-state index in [2.05, 4.69) is 27.3 Å². The highest BCUT2D eigenvalue weighted by Crippen LogP contribution is 2.28. The third-order valence-electron chi connectivity index (χ3n) is 3.85. The Morgan fingerprint density at radius 2 is 2.05 bits per heavy atom. The van der Waals surface area contributed by atoms with E-state index < -0.39 is 9.04 Å². The van der Waals surface area contributed by atoms with Crippen molar-refractivity contribution in [3.05, 3.63) is 35.6 Å². The number of fused-ring (bicyclic) bond motifs is 1. The molecular formula is C17H24O4Si. The van der Waals surface area contributed by atoms with E-state index in [0.29, 0.717) is 24.4 Å². The normalized spacial score (nSPS) is 13.3. The molecule has 0 N–H and O–H groups in total. The summed E-state index contributed by atoms with van der Waals surface area (Å²) in [5.74, 6) is -0.348. The topological polar surface area (TPSA) is 48.7 Å². The van der Waals surface area contributed by atoms with Crippen molar-refractivity contribution < 1.29 is 18.4 Å². The molecule has 120 valence electrons. The van der Waals surface area contributed by atoms with E-state index in [4.69, 9.17) is 13.6 Å². The van der Waals surface area contributed by atoms with Gasteiger partial charge >= 0.3 is 5.97 Å². The summed E-state index contributed by atoms with van der Waals surface area (Å²) in [5.41, 5.74) is 2.22. The Balaban J connectivity index is 2.13. The van der Waals surface area contributed by atoms with Gasteiger partial charge in [0.25, 0.3) is 0 Å². The molecule has 0 fully saturated rings. The van der Waals surface area contributed by atoms with Crippen LogP contribution in [0.25, 0.3) is 11.0 Å². The van der Waals surface area contributed by atoms with Crippen LogP contribution in [0.15, 0.2) is 28.9 Å². The van der Waals surface area contributed by atoms with E-state index in [1.807, 2.05) is 18.2 Å². The van der Waals surface area contributed by atoms with Crippen LogP contribution in [0, 0.1) is 0 Å². The highest BCUT2D eigenvalue weighted by molar-refractivity contribution is 6.53. The molecule has 0 aliphatic carbocycles. The van der Waals surface area contributed by atoms with Crippen LogP contribution in [0.4, 0.5) is 0 Å². The van der Waals surface area contributed by atoms with Gasteiger partial charge < -0.3 is 13.6 Å². The first-order valence-corrected chi connectivity index (χ1v) is 9.82. The number of carbonyl (C=O) groups is 1. The highest BCUT2D eigenvalue weighted by atomic mass is 28.3. The molecule has 5 heteroatoms. The molecule has 4 nitrogen and oxygen atoms in total. The van der Waals surface area contributed by atoms with Crippen molar-refractivity contribution in [2.45, 2.75) is 45.9 Å². The second-order valence-corrected chi connectivity index (χ2v) is 9.87. The molecule has 1 aromatic heterocycles. The fourth-order valence-corrected chi connectivity index (χ4v) is 2.94. The largest absolute Gasteiger partial charge is 0.463 e. The minimum atomic E-state index is -1.25. The highest BCUT2D eigenvalue weighted by Gasteiger charge is 2.23.